The molecule has 0 aliphatic heterocycles. The number of aromatic amines is 1. The average molecular weight is 330 g/mol. The molecule has 1 aromatic heterocycles. The molecule has 0 fully saturated rings. The van der Waals surface area contributed by atoms with Crippen LogP contribution < -0.4 is 5.32 Å². The Hall–Kier alpha value is -3.63. The van der Waals surface area contributed by atoms with Gasteiger partial charge >= 0.3 is 0 Å². The number of non-ortho nitro benzene ring substituents is 1. The average Bonchev–Trinajstić information content (AvgIpc) is 3.06. The Labute approximate surface area is 136 Å². The van der Waals surface area contributed by atoms with Crippen molar-refractivity contribution in [1.29, 1.82) is 0 Å². The lowest BCUT2D eigenvalue weighted by Gasteiger charge is -2.02. The van der Waals surface area contributed by atoms with Gasteiger partial charge in [0.05, 0.1) is 24.5 Å². The lowest BCUT2D eigenvalue weighted by atomic mass is 10.2. The molecule has 0 aliphatic rings. The van der Waals surface area contributed by atoms with E-state index in [0.717, 1.165) is 0 Å². The molecule has 124 valence electrons. The minimum absolute atomic E-state index is 0.000421. The van der Waals surface area contributed by atoms with Gasteiger partial charge in [0, 0.05) is 19.2 Å². The van der Waals surface area contributed by atoms with Crippen molar-refractivity contribution in [3.63, 3.8) is 0 Å². The van der Waals surface area contributed by atoms with E-state index in [1.165, 1.54) is 43.9 Å². The van der Waals surface area contributed by atoms with Gasteiger partial charge in [-0.15, -0.1) is 5.11 Å². The van der Waals surface area contributed by atoms with Gasteiger partial charge in [0.2, 0.25) is 5.82 Å². The Kier molecular flexibility index (Phi) is 5.28. The van der Waals surface area contributed by atoms with Crippen molar-refractivity contribution in [2.75, 3.05) is 14.1 Å². The molecule has 1 heterocycles. The van der Waals surface area contributed by atoms with Gasteiger partial charge in [-0.05, 0) is 22.9 Å². The maximum atomic E-state index is 11.6. The molecular formula is C13H14N8O3. The number of nitro benzene ring substituents is 1. The molecule has 0 bridgehead atoms. The Morgan fingerprint density at radius 1 is 1.42 bits per heavy atom. The minimum atomic E-state index is -0.477. The molecule has 0 aliphatic carbocycles. The smallest absolute Gasteiger partial charge is 0.271 e. The Morgan fingerprint density at radius 2 is 2.12 bits per heavy atom. The maximum Gasteiger partial charge on any atom is 0.271 e. The zero-order chi connectivity index (χ0) is 17.5. The summed E-state index contributed by atoms with van der Waals surface area (Å²) in [6.07, 6.45) is 2.80. The summed E-state index contributed by atoms with van der Waals surface area (Å²) in [5, 5.41) is 25.8. The van der Waals surface area contributed by atoms with E-state index in [1.54, 1.807) is 12.1 Å². The van der Waals surface area contributed by atoms with Crippen molar-refractivity contribution in [3.8, 4) is 0 Å². The second-order valence-corrected chi connectivity index (χ2v) is 4.45. The second-order valence-electron chi connectivity index (χ2n) is 4.45. The number of rotatable bonds is 6. The van der Waals surface area contributed by atoms with Crippen LogP contribution in [0.25, 0.3) is 0 Å². The van der Waals surface area contributed by atoms with E-state index in [0.29, 0.717) is 5.56 Å². The molecule has 2 rings (SSSR count). The number of nitrogens with zero attached hydrogens (tertiary/aromatic N) is 6. The van der Waals surface area contributed by atoms with Crippen molar-refractivity contribution in [3.05, 3.63) is 52.0 Å². The number of amides is 1. The van der Waals surface area contributed by atoms with Crippen LogP contribution >= 0.6 is 0 Å². The Bertz CT molecular complexity index is 781. The summed E-state index contributed by atoms with van der Waals surface area (Å²) in [7, 11) is 3.03. The third kappa shape index (κ3) is 4.19. The predicted octanol–water partition coefficient (Wildman–Crippen LogP) is 1.64. The number of hydrogen-bond acceptors (Lipinski definition) is 7. The van der Waals surface area contributed by atoms with E-state index >= 15 is 0 Å². The van der Waals surface area contributed by atoms with E-state index in [9.17, 15) is 14.9 Å². The molecule has 0 spiro atoms. The fourth-order valence-electron chi connectivity index (χ4n) is 1.62. The van der Waals surface area contributed by atoms with Gasteiger partial charge in [-0.25, -0.2) is 4.98 Å². The summed E-state index contributed by atoms with van der Waals surface area (Å²) in [6, 6.07) is 5.87. The van der Waals surface area contributed by atoms with Crippen molar-refractivity contribution in [2.45, 2.75) is 0 Å². The highest BCUT2D eigenvalue weighted by molar-refractivity contribution is 5.95. The quantitative estimate of drug-likeness (QED) is 0.358. The third-order valence-corrected chi connectivity index (χ3v) is 2.82. The van der Waals surface area contributed by atoms with E-state index in [4.69, 9.17) is 0 Å². The number of hydrazone groups is 1. The normalized spacial score (nSPS) is 11.1. The molecule has 1 aromatic carbocycles. The molecule has 0 atom stereocenters. The first-order valence-electron chi connectivity index (χ1n) is 6.70. The van der Waals surface area contributed by atoms with Crippen LogP contribution in [0.3, 0.4) is 0 Å². The first kappa shape index (κ1) is 16.7. The molecule has 2 N–H and O–H groups in total. The monoisotopic (exact) mass is 330 g/mol. The number of carbonyl (C=O) groups is 1. The van der Waals surface area contributed by atoms with E-state index < -0.39 is 4.92 Å². The molecule has 0 saturated carbocycles. The van der Waals surface area contributed by atoms with Crippen LogP contribution in [0.5, 0.6) is 0 Å². The highest BCUT2D eigenvalue weighted by Gasteiger charge is 2.12. The number of carbonyl (C=O) groups excluding carboxylic acids is 1. The van der Waals surface area contributed by atoms with Crippen LogP contribution in [0.4, 0.5) is 11.5 Å². The van der Waals surface area contributed by atoms with Crippen LogP contribution in [0.2, 0.25) is 0 Å². The minimum Gasteiger partial charge on any atom is -0.354 e. The van der Waals surface area contributed by atoms with Gasteiger partial charge in [-0.1, -0.05) is 0 Å². The van der Waals surface area contributed by atoms with E-state index in [1.807, 2.05) is 0 Å². The number of H-pyrrole nitrogens is 1. The summed E-state index contributed by atoms with van der Waals surface area (Å²) >= 11 is 0. The van der Waals surface area contributed by atoms with Crippen LogP contribution in [-0.4, -0.2) is 46.2 Å². The third-order valence-electron chi connectivity index (χ3n) is 2.82. The maximum absolute atomic E-state index is 11.6. The first-order chi connectivity index (χ1) is 11.5. The number of nitro groups is 1. The van der Waals surface area contributed by atoms with Gasteiger partial charge in [-0.2, -0.15) is 10.2 Å². The SMILES string of the molecule is CNC(=O)c1[nH]cnc1N=NN(C)/N=C/c1ccc([N+](=O)[O-])cc1. The van der Waals surface area contributed by atoms with Gasteiger partial charge < -0.3 is 10.3 Å². The number of imidazole rings is 1. The number of nitrogens with one attached hydrogen (secondary N) is 2. The number of hydrogen-bond donors (Lipinski definition) is 2. The Morgan fingerprint density at radius 3 is 2.75 bits per heavy atom. The predicted molar refractivity (Wildman–Crippen MR) is 84.9 cm³/mol. The van der Waals surface area contributed by atoms with Crippen molar-refractivity contribution >= 4 is 23.6 Å². The van der Waals surface area contributed by atoms with Crippen molar-refractivity contribution < 1.29 is 9.72 Å². The largest absolute Gasteiger partial charge is 0.354 e. The molecule has 11 heteroatoms. The fourth-order valence-corrected chi connectivity index (χ4v) is 1.62. The van der Waals surface area contributed by atoms with Gasteiger partial charge in [0.1, 0.15) is 0 Å². The summed E-state index contributed by atoms with van der Waals surface area (Å²) in [4.78, 5) is 28.2. The Balaban J connectivity index is 2.02. The van der Waals surface area contributed by atoms with Crippen molar-refractivity contribution in [2.24, 2.45) is 15.4 Å². The summed E-state index contributed by atoms with van der Waals surface area (Å²) in [5.74, 6) is -0.231. The topological polar surface area (TPSA) is 141 Å². The van der Waals surface area contributed by atoms with Crippen LogP contribution in [0.15, 0.2) is 46.0 Å². The van der Waals surface area contributed by atoms with Crippen molar-refractivity contribution in [1.82, 2.24) is 20.4 Å². The number of benzene rings is 1. The summed E-state index contributed by atoms with van der Waals surface area (Å²) in [5.41, 5.74) is 0.850. The van der Waals surface area contributed by atoms with Crippen LogP contribution in [0, 0.1) is 10.1 Å². The molecular weight excluding hydrogens is 316 g/mol. The zero-order valence-corrected chi connectivity index (χ0v) is 12.9. The molecule has 11 nitrogen and oxygen atoms in total. The zero-order valence-electron chi connectivity index (χ0n) is 12.9. The highest BCUT2D eigenvalue weighted by Crippen LogP contribution is 2.14. The highest BCUT2D eigenvalue weighted by atomic mass is 16.6. The van der Waals surface area contributed by atoms with Crippen LogP contribution in [0.1, 0.15) is 16.1 Å². The molecule has 24 heavy (non-hydrogen) atoms. The lowest BCUT2D eigenvalue weighted by Crippen LogP contribution is -2.18. The summed E-state index contributed by atoms with van der Waals surface area (Å²) in [6.45, 7) is 0. The standard InChI is InChI=1S/C13H14N8O3/c1-14-13(22)11-12(16-8-15-11)18-19-20(2)17-7-9-3-5-10(6-4-9)21(23)24/h3-8H,1-2H3,(H,14,22)(H,15,16)/b17-7+,19-18?. The molecule has 0 radical (unpaired) electrons. The summed E-state index contributed by atoms with van der Waals surface area (Å²) < 4.78 is 0. The van der Waals surface area contributed by atoms with Gasteiger partial charge in [0.25, 0.3) is 11.6 Å². The molecule has 0 unspecified atom stereocenters. The fraction of sp³-hybridized carbons (Fsp3) is 0.154. The second kappa shape index (κ2) is 7.58. The van der Waals surface area contributed by atoms with E-state index in [2.05, 4.69) is 30.7 Å². The van der Waals surface area contributed by atoms with Crippen LogP contribution in [-0.2, 0) is 0 Å². The van der Waals surface area contributed by atoms with Gasteiger partial charge in [0.15, 0.2) is 5.69 Å². The van der Waals surface area contributed by atoms with Gasteiger partial charge in [-0.3, -0.25) is 14.9 Å². The molecule has 0 saturated heterocycles. The van der Waals surface area contributed by atoms with E-state index in [-0.39, 0.29) is 23.1 Å². The first-order valence-corrected chi connectivity index (χ1v) is 6.70. The number of aromatic nitrogens is 2. The molecule has 2 aromatic rings. The molecule has 1 amide bonds. The lowest BCUT2D eigenvalue weighted by molar-refractivity contribution is -0.384.